The highest BCUT2D eigenvalue weighted by atomic mass is 32.1. The van der Waals surface area contributed by atoms with Gasteiger partial charge in [-0.2, -0.15) is 63.2 Å². The third kappa shape index (κ3) is 18.6. The number of likely N-dealkylation sites (tertiary alicyclic amines) is 4. The summed E-state index contributed by atoms with van der Waals surface area (Å²) in [7, 11) is 0. The summed E-state index contributed by atoms with van der Waals surface area (Å²) in [6.45, 7) is 15.0. The monoisotopic (exact) mass is 1690 g/mol. The number of thiophene rings is 2. The molecule has 6 aliphatic rings. The second kappa shape index (κ2) is 35.8. The Morgan fingerprint density at radius 3 is 1.17 bits per heavy atom. The number of aromatic nitrogens is 2. The molecule has 0 spiro atoms. The number of carbonyl (C=O) groups excluding carboxylic acids is 4. The molecule has 118 heavy (non-hydrogen) atoms. The summed E-state index contributed by atoms with van der Waals surface area (Å²) < 4.78 is 193. The zero-order chi connectivity index (χ0) is 85.6. The lowest BCUT2D eigenvalue weighted by Gasteiger charge is -2.51. The van der Waals surface area contributed by atoms with Gasteiger partial charge in [0.05, 0.1) is 69.9 Å². The molecule has 12 rings (SSSR count). The van der Waals surface area contributed by atoms with Crippen molar-refractivity contribution in [3.8, 4) is 35.1 Å². The SMILES string of the molecule is C=C(O)C1(CC[C@@H](C)Oc2ccccc2C2(C#N)CCN(C(=O)[C@]3(Oc4csc(C(F)(F)F)c4)CCCN(C(=O)c4ncccc4C(F)(F)F)[C@@H]3CCC)CC2)CCC1.C=C(O)C1(CC[C@H](C)Oc2ccccc2C2(C#N)CCN(C(=O)[C@]3(Oc4csc(C(F)(F)F)c4)CCCN(C(=O)c4ncccc4C(F)(F)F)[C@@H]3CCC)CC2)CCC1. The van der Waals surface area contributed by atoms with Crippen LogP contribution < -0.4 is 18.9 Å². The number of halogens is 12. The van der Waals surface area contributed by atoms with E-state index in [9.17, 15) is 83.0 Å². The molecule has 2 saturated carbocycles. The number of alkyl halides is 12. The maximum atomic E-state index is 15.1. The van der Waals surface area contributed by atoms with Gasteiger partial charge in [-0.3, -0.25) is 29.1 Å². The average Bonchev–Trinajstić information content (AvgIpc) is 1.00. The Balaban J connectivity index is 0.000000231. The number of ether oxygens (including phenoxy) is 4. The van der Waals surface area contributed by atoms with Crippen LogP contribution in [-0.2, 0) is 45.1 Å². The number of piperidine rings is 4. The van der Waals surface area contributed by atoms with Crippen LogP contribution in [0, 0.1) is 33.5 Å². The van der Waals surface area contributed by atoms with Crippen LogP contribution in [-0.4, -0.2) is 138 Å². The topological polar surface area (TPSA) is 232 Å². The van der Waals surface area contributed by atoms with E-state index in [-0.39, 0.29) is 150 Å². The summed E-state index contributed by atoms with van der Waals surface area (Å²) in [6, 6.07) is 22.2. The van der Waals surface area contributed by atoms with Crippen molar-refractivity contribution in [2.24, 2.45) is 10.8 Å². The minimum absolute atomic E-state index is 0.0330. The summed E-state index contributed by atoms with van der Waals surface area (Å²) in [5.74, 6) is -2.52. The lowest BCUT2D eigenvalue weighted by molar-refractivity contribution is -0.161. The van der Waals surface area contributed by atoms with Crippen molar-refractivity contribution >= 4 is 46.3 Å². The first kappa shape index (κ1) is 89.2. The molecule has 2 N–H and O–H groups in total. The fourth-order valence-corrected chi connectivity index (χ4v) is 19.1. The van der Waals surface area contributed by atoms with E-state index in [1.54, 1.807) is 50.2 Å². The average molecular weight is 1690 g/mol. The molecule has 6 fully saturated rings. The number of amides is 4. The number of hydrogen-bond acceptors (Lipinski definition) is 16. The second-order valence-corrected chi connectivity index (χ2v) is 33.8. The number of aliphatic hydroxyl groups excluding tert-OH is 2. The van der Waals surface area contributed by atoms with Crippen molar-refractivity contribution in [2.75, 3.05) is 39.3 Å². The third-order valence-corrected chi connectivity index (χ3v) is 26.5. The highest BCUT2D eigenvalue weighted by molar-refractivity contribution is 7.10. The first-order valence-electron chi connectivity index (χ1n) is 39.9. The van der Waals surface area contributed by atoms with E-state index in [0.29, 0.717) is 83.8 Å². The fourth-order valence-electron chi connectivity index (χ4n) is 17.8. The fraction of sp³-hybridized carbons (Fsp3) is 0.535. The minimum atomic E-state index is -4.92. The molecule has 8 heterocycles. The summed E-state index contributed by atoms with van der Waals surface area (Å²) in [5.41, 5.74) is -9.69. The Labute approximate surface area is 685 Å². The van der Waals surface area contributed by atoms with Crippen LogP contribution in [0.5, 0.6) is 23.0 Å². The molecule has 18 nitrogen and oxygen atoms in total. The van der Waals surface area contributed by atoms with Crippen LogP contribution in [0.1, 0.15) is 222 Å². The molecule has 0 bridgehead atoms. The molecule has 0 unspecified atom stereocenters. The highest BCUT2D eigenvalue weighted by Crippen LogP contribution is 2.53. The van der Waals surface area contributed by atoms with Crippen LogP contribution in [0.4, 0.5) is 52.7 Å². The molecular formula is C86H96F12N8O10S2. The first-order valence-corrected chi connectivity index (χ1v) is 41.6. The number of carbonyl (C=O) groups is 4. The maximum absolute atomic E-state index is 15.1. The molecule has 2 aromatic carbocycles. The summed E-state index contributed by atoms with van der Waals surface area (Å²) >= 11 is 0.752. The van der Waals surface area contributed by atoms with E-state index in [0.717, 1.165) is 108 Å². The number of nitrogens with zero attached hydrogens (tertiary/aromatic N) is 8. The van der Waals surface area contributed by atoms with E-state index in [2.05, 4.69) is 35.3 Å². The van der Waals surface area contributed by atoms with Gasteiger partial charge in [0.25, 0.3) is 23.6 Å². The molecule has 6 atom stereocenters. The number of benzene rings is 2. The first-order chi connectivity index (χ1) is 55.8. The Morgan fingerprint density at radius 2 is 0.873 bits per heavy atom. The predicted molar refractivity (Wildman–Crippen MR) is 416 cm³/mol. The number of pyridine rings is 2. The van der Waals surface area contributed by atoms with Gasteiger partial charge >= 0.3 is 24.7 Å². The quantitative estimate of drug-likeness (QED) is 0.0380. The van der Waals surface area contributed by atoms with Crippen molar-refractivity contribution in [1.29, 1.82) is 10.5 Å². The van der Waals surface area contributed by atoms with Crippen molar-refractivity contribution < 1.29 is 101 Å². The number of allylic oxidation sites excluding steroid dienone is 2. The standard InChI is InChI=1S/2C43H48F6N4O5S/c2*1-4-10-34-41(58-30-25-35(59-26-30)43(47,48)49,17-9-22-53(34)37(55)36-32(42(44,45)46)12-7-21-51-36)38(56)52-23-19-40(27-50,20-24-52)31-11-5-6-13-33(31)57-28(2)14-18-39(29(3)54)15-8-16-39/h2*5-7,11-13,21,25-26,28,34,54H,3-4,8-10,14-20,22-24H2,1-2H3/t28-,34+,41-;28-,34-,41+/m01/s1. The van der Waals surface area contributed by atoms with Gasteiger partial charge in [-0.25, -0.2) is 0 Å². The second-order valence-electron chi connectivity index (χ2n) is 31.9. The van der Waals surface area contributed by atoms with E-state index in [4.69, 9.17) is 18.9 Å². The van der Waals surface area contributed by atoms with Gasteiger partial charge in [0.15, 0.2) is 0 Å². The molecular weight excluding hydrogens is 1600 g/mol. The summed E-state index contributed by atoms with van der Waals surface area (Å²) in [5, 5.41) is 44.2. The Kier molecular flexibility index (Phi) is 27.1. The van der Waals surface area contributed by atoms with Crippen LogP contribution >= 0.6 is 22.7 Å². The molecule has 6 aromatic rings. The lowest BCUT2D eigenvalue weighted by Crippen LogP contribution is -2.68. The number of nitriles is 2. The number of para-hydroxylation sites is 2. The zero-order valence-electron chi connectivity index (χ0n) is 66.0. The molecule has 0 radical (unpaired) electrons. The zero-order valence-corrected chi connectivity index (χ0v) is 67.6. The Morgan fingerprint density at radius 1 is 0.517 bits per heavy atom. The molecule has 2 aliphatic carbocycles. The van der Waals surface area contributed by atoms with E-state index < -0.39 is 115 Å². The minimum Gasteiger partial charge on any atom is -0.512 e. The van der Waals surface area contributed by atoms with Crippen LogP contribution in [0.3, 0.4) is 0 Å². The van der Waals surface area contributed by atoms with Gasteiger partial charge in [-0.15, -0.1) is 22.7 Å². The van der Waals surface area contributed by atoms with Crippen LogP contribution in [0.25, 0.3) is 0 Å². The third-order valence-electron chi connectivity index (χ3n) is 24.6. The Bertz CT molecular complexity index is 4390. The van der Waals surface area contributed by atoms with Crippen LogP contribution in [0.15, 0.2) is 133 Å². The van der Waals surface area contributed by atoms with Crippen molar-refractivity contribution in [3.63, 3.8) is 0 Å². The molecule has 4 aliphatic heterocycles. The largest absolute Gasteiger partial charge is 0.512 e. The molecule has 4 amide bonds. The van der Waals surface area contributed by atoms with Gasteiger partial charge in [-0.05, 0) is 153 Å². The normalized spacial score (nSPS) is 22.1. The smallest absolute Gasteiger partial charge is 0.425 e. The van der Waals surface area contributed by atoms with Gasteiger partial charge in [0, 0.05) is 109 Å². The molecule has 4 saturated heterocycles. The summed E-state index contributed by atoms with van der Waals surface area (Å²) in [6.07, 6.45) is -7.84. The predicted octanol–water partition coefficient (Wildman–Crippen LogP) is 20.6. The lowest BCUT2D eigenvalue weighted by atomic mass is 9.65. The van der Waals surface area contributed by atoms with Gasteiger partial charge < -0.3 is 48.8 Å². The number of rotatable bonds is 26. The van der Waals surface area contributed by atoms with Gasteiger partial charge in [-0.1, -0.05) is 89.1 Å². The molecule has 32 heteroatoms. The van der Waals surface area contributed by atoms with Crippen molar-refractivity contribution in [1.82, 2.24) is 29.6 Å². The van der Waals surface area contributed by atoms with Gasteiger partial charge in [0.2, 0.25) is 11.2 Å². The Hall–Kier alpha value is -9.56. The van der Waals surface area contributed by atoms with Crippen LogP contribution in [0.2, 0.25) is 0 Å². The van der Waals surface area contributed by atoms with E-state index >= 15 is 9.59 Å². The van der Waals surface area contributed by atoms with Crippen molar-refractivity contribution in [2.45, 2.75) is 240 Å². The van der Waals surface area contributed by atoms with Gasteiger partial charge in [0.1, 0.15) is 44.1 Å². The maximum Gasteiger partial charge on any atom is 0.425 e. The number of hydrogen-bond donors (Lipinski definition) is 2. The molecule has 636 valence electrons. The number of aliphatic hydroxyl groups is 2. The summed E-state index contributed by atoms with van der Waals surface area (Å²) in [4.78, 5) is 69.4. The van der Waals surface area contributed by atoms with E-state index in [1.807, 2.05) is 26.0 Å². The molecule has 4 aromatic heterocycles. The van der Waals surface area contributed by atoms with Crippen molar-refractivity contribution in [3.05, 3.63) is 176 Å². The van der Waals surface area contributed by atoms with E-state index in [1.165, 1.54) is 9.80 Å². The highest BCUT2D eigenvalue weighted by Gasteiger charge is 2.60.